The van der Waals surface area contributed by atoms with Crippen molar-refractivity contribution in [2.45, 2.75) is 38.8 Å². The topological polar surface area (TPSA) is 71.5 Å². The summed E-state index contributed by atoms with van der Waals surface area (Å²) >= 11 is 1.55. The number of hydrogen-bond acceptors (Lipinski definition) is 5. The van der Waals surface area contributed by atoms with Crippen LogP contribution in [0.5, 0.6) is 5.75 Å². The number of imide groups is 1. The predicted molar refractivity (Wildman–Crippen MR) is 95.6 cm³/mol. The average molecular weight is 359 g/mol. The summed E-state index contributed by atoms with van der Waals surface area (Å²) in [6.07, 6.45) is 0. The van der Waals surface area contributed by atoms with Gasteiger partial charge in [-0.05, 0) is 24.6 Å². The molecule has 3 rings (SSSR count). The number of rotatable bonds is 5. The second kappa shape index (κ2) is 6.48. The molecule has 0 spiro atoms. The Morgan fingerprint density at radius 1 is 1.28 bits per heavy atom. The van der Waals surface area contributed by atoms with Crippen LogP contribution in [0.1, 0.15) is 43.0 Å². The van der Waals surface area contributed by atoms with E-state index < -0.39 is 11.6 Å². The van der Waals surface area contributed by atoms with Crippen molar-refractivity contribution in [3.63, 3.8) is 0 Å². The van der Waals surface area contributed by atoms with Crippen LogP contribution < -0.4 is 10.1 Å². The third-order valence-corrected chi connectivity index (χ3v) is 5.52. The lowest BCUT2D eigenvalue weighted by Gasteiger charge is -2.22. The number of aromatic nitrogens is 1. The van der Waals surface area contributed by atoms with Crippen LogP contribution in [0, 0.1) is 0 Å². The van der Waals surface area contributed by atoms with E-state index in [1.54, 1.807) is 49.6 Å². The Bertz CT molecular complexity index is 800. The molecule has 0 aliphatic carbocycles. The maximum absolute atomic E-state index is 12.9. The van der Waals surface area contributed by atoms with E-state index in [0.29, 0.717) is 11.7 Å². The Labute approximate surface area is 150 Å². The molecule has 1 aliphatic heterocycles. The van der Waals surface area contributed by atoms with Gasteiger partial charge in [0, 0.05) is 11.3 Å². The Balaban J connectivity index is 1.83. The van der Waals surface area contributed by atoms with Crippen molar-refractivity contribution >= 4 is 23.3 Å². The average Bonchev–Trinajstić information content (AvgIpc) is 3.15. The number of ether oxygens (including phenoxy) is 1. The number of hydrogen-bond donors (Lipinski definition) is 1. The summed E-state index contributed by atoms with van der Waals surface area (Å²) in [5.74, 6) is 0.748. The fourth-order valence-electron chi connectivity index (χ4n) is 2.78. The Morgan fingerprint density at radius 3 is 2.52 bits per heavy atom. The van der Waals surface area contributed by atoms with Gasteiger partial charge in [-0.15, -0.1) is 11.3 Å². The standard InChI is InChI=1S/C18H21N3O3S/c1-11(2)15-19-13(10-25-15)9-21-16(22)18(3,20-17(21)23)12-5-7-14(24-4)8-6-12/h5-8,10-11H,9H2,1-4H3,(H,20,23). The highest BCUT2D eigenvalue weighted by Crippen LogP contribution is 2.31. The summed E-state index contributed by atoms with van der Waals surface area (Å²) in [4.78, 5) is 31.1. The van der Waals surface area contributed by atoms with Crippen molar-refractivity contribution in [2.75, 3.05) is 7.11 Å². The van der Waals surface area contributed by atoms with E-state index >= 15 is 0 Å². The Morgan fingerprint density at radius 2 is 1.96 bits per heavy atom. The van der Waals surface area contributed by atoms with Gasteiger partial charge >= 0.3 is 6.03 Å². The first-order valence-corrected chi connectivity index (χ1v) is 8.96. The van der Waals surface area contributed by atoms with Crippen LogP contribution >= 0.6 is 11.3 Å². The number of amides is 3. The minimum atomic E-state index is -1.08. The van der Waals surface area contributed by atoms with Crippen LogP contribution in [0.25, 0.3) is 0 Å². The van der Waals surface area contributed by atoms with Crippen LogP contribution in [0.3, 0.4) is 0 Å². The van der Waals surface area contributed by atoms with Gasteiger partial charge in [0.2, 0.25) is 0 Å². The minimum Gasteiger partial charge on any atom is -0.497 e. The summed E-state index contributed by atoms with van der Waals surface area (Å²) < 4.78 is 5.14. The van der Waals surface area contributed by atoms with Gasteiger partial charge in [0.25, 0.3) is 5.91 Å². The number of nitrogens with one attached hydrogen (secondary N) is 1. The van der Waals surface area contributed by atoms with Crippen molar-refractivity contribution in [2.24, 2.45) is 0 Å². The molecule has 1 atom stereocenters. The van der Waals surface area contributed by atoms with Crippen LogP contribution in [-0.2, 0) is 16.9 Å². The number of carbonyl (C=O) groups is 2. The Hall–Kier alpha value is -2.41. The molecule has 0 bridgehead atoms. The van der Waals surface area contributed by atoms with Crippen LogP contribution in [0.15, 0.2) is 29.6 Å². The maximum atomic E-state index is 12.9. The molecule has 1 aliphatic rings. The lowest BCUT2D eigenvalue weighted by Crippen LogP contribution is -2.40. The molecule has 1 aromatic carbocycles. The molecule has 2 aromatic rings. The first-order chi connectivity index (χ1) is 11.8. The molecule has 0 radical (unpaired) electrons. The molecule has 3 amide bonds. The van der Waals surface area contributed by atoms with Crippen LogP contribution in [0.4, 0.5) is 4.79 Å². The summed E-state index contributed by atoms with van der Waals surface area (Å²) in [5, 5.41) is 5.71. The minimum absolute atomic E-state index is 0.180. The molecule has 1 aromatic heterocycles. The van der Waals surface area contributed by atoms with Gasteiger partial charge in [-0.25, -0.2) is 9.78 Å². The van der Waals surface area contributed by atoms with Crippen molar-refractivity contribution in [1.82, 2.24) is 15.2 Å². The lowest BCUT2D eigenvalue weighted by molar-refractivity contribution is -0.131. The zero-order chi connectivity index (χ0) is 18.2. The Kier molecular flexibility index (Phi) is 4.51. The number of urea groups is 1. The monoisotopic (exact) mass is 359 g/mol. The zero-order valence-corrected chi connectivity index (χ0v) is 15.5. The maximum Gasteiger partial charge on any atom is 0.325 e. The lowest BCUT2D eigenvalue weighted by atomic mass is 9.92. The van der Waals surface area contributed by atoms with Crippen molar-refractivity contribution in [3.05, 3.63) is 45.9 Å². The fourth-order valence-corrected chi connectivity index (χ4v) is 3.61. The molecule has 7 heteroatoms. The number of benzene rings is 1. The third-order valence-electron chi connectivity index (χ3n) is 4.33. The van der Waals surface area contributed by atoms with E-state index in [-0.39, 0.29) is 12.5 Å². The molecular formula is C18H21N3O3S. The highest BCUT2D eigenvalue weighted by molar-refractivity contribution is 7.09. The molecule has 1 fully saturated rings. The van der Waals surface area contributed by atoms with E-state index in [2.05, 4.69) is 24.1 Å². The predicted octanol–water partition coefficient (Wildman–Crippen LogP) is 3.24. The highest BCUT2D eigenvalue weighted by atomic mass is 32.1. The second-order valence-electron chi connectivity index (χ2n) is 6.51. The number of nitrogens with zero attached hydrogens (tertiary/aromatic N) is 2. The van der Waals surface area contributed by atoms with Crippen LogP contribution in [-0.4, -0.2) is 28.9 Å². The molecule has 1 unspecified atom stereocenters. The summed E-state index contributed by atoms with van der Waals surface area (Å²) in [7, 11) is 1.58. The van der Waals surface area contributed by atoms with Crippen molar-refractivity contribution in [1.29, 1.82) is 0 Å². The molecule has 25 heavy (non-hydrogen) atoms. The number of methoxy groups -OCH3 is 1. The largest absolute Gasteiger partial charge is 0.497 e. The van der Waals surface area contributed by atoms with Gasteiger partial charge in [0.15, 0.2) is 0 Å². The van der Waals surface area contributed by atoms with Crippen molar-refractivity contribution in [3.8, 4) is 5.75 Å². The molecule has 1 saturated heterocycles. The van der Waals surface area contributed by atoms with Gasteiger partial charge < -0.3 is 10.1 Å². The van der Waals surface area contributed by atoms with Gasteiger partial charge in [0.1, 0.15) is 11.3 Å². The SMILES string of the molecule is COc1ccc(C2(C)NC(=O)N(Cc3csc(C(C)C)n3)C2=O)cc1. The quantitative estimate of drug-likeness (QED) is 0.832. The highest BCUT2D eigenvalue weighted by Gasteiger charge is 2.49. The summed E-state index contributed by atoms with van der Waals surface area (Å²) in [5.41, 5.74) is 0.367. The van der Waals surface area contributed by atoms with E-state index in [0.717, 1.165) is 16.3 Å². The van der Waals surface area contributed by atoms with Crippen LogP contribution in [0.2, 0.25) is 0 Å². The van der Waals surface area contributed by atoms with E-state index in [9.17, 15) is 9.59 Å². The van der Waals surface area contributed by atoms with Gasteiger partial charge in [-0.3, -0.25) is 9.69 Å². The number of carbonyl (C=O) groups excluding carboxylic acids is 2. The number of thiazole rings is 1. The molecule has 1 N–H and O–H groups in total. The third kappa shape index (κ3) is 3.11. The normalized spacial score (nSPS) is 20.3. The first-order valence-electron chi connectivity index (χ1n) is 8.08. The van der Waals surface area contributed by atoms with Gasteiger partial charge in [-0.1, -0.05) is 26.0 Å². The molecule has 0 saturated carbocycles. The fraction of sp³-hybridized carbons (Fsp3) is 0.389. The van der Waals surface area contributed by atoms with Crippen molar-refractivity contribution < 1.29 is 14.3 Å². The van der Waals surface area contributed by atoms with E-state index in [1.807, 2.05) is 5.38 Å². The first kappa shape index (κ1) is 17.4. The molecule has 6 nitrogen and oxygen atoms in total. The summed E-state index contributed by atoms with van der Waals surface area (Å²) in [6, 6.07) is 6.73. The molecule has 2 heterocycles. The zero-order valence-electron chi connectivity index (χ0n) is 14.7. The molecule has 132 valence electrons. The summed E-state index contributed by atoms with van der Waals surface area (Å²) in [6.45, 7) is 6.03. The smallest absolute Gasteiger partial charge is 0.325 e. The van der Waals surface area contributed by atoms with E-state index in [1.165, 1.54) is 4.90 Å². The van der Waals surface area contributed by atoms with Gasteiger partial charge in [-0.2, -0.15) is 0 Å². The van der Waals surface area contributed by atoms with Gasteiger partial charge in [0.05, 0.1) is 24.4 Å². The molecular weight excluding hydrogens is 338 g/mol. The second-order valence-corrected chi connectivity index (χ2v) is 7.40. The van der Waals surface area contributed by atoms with E-state index in [4.69, 9.17) is 4.74 Å².